The minimum atomic E-state index is -0.694. The maximum absolute atomic E-state index is 12.1. The monoisotopic (exact) mass is 222 g/mol. The number of nitrogens with zero attached hydrogens (tertiary/aromatic N) is 2. The predicted octanol–water partition coefficient (Wildman–Crippen LogP) is 2.57. The van der Waals surface area contributed by atoms with Crippen molar-refractivity contribution in [2.24, 2.45) is 11.3 Å². The van der Waals surface area contributed by atoms with E-state index in [0.29, 0.717) is 5.92 Å². The zero-order chi connectivity index (χ0) is 12.2. The molecule has 0 aromatic carbocycles. The van der Waals surface area contributed by atoms with E-state index >= 15 is 0 Å². The molecule has 1 amide bonds. The SMILES string of the molecule is CCCCCN(C)C(=O)C1(C#N)CC(C)C1. The molecule has 0 aromatic rings. The van der Waals surface area contributed by atoms with Crippen LogP contribution in [0.15, 0.2) is 0 Å². The van der Waals surface area contributed by atoms with Crippen molar-refractivity contribution in [3.8, 4) is 6.07 Å². The number of carbonyl (C=O) groups excluding carboxylic acids is 1. The summed E-state index contributed by atoms with van der Waals surface area (Å²) in [6, 6.07) is 2.23. The Morgan fingerprint density at radius 2 is 2.12 bits per heavy atom. The largest absolute Gasteiger partial charge is 0.344 e. The van der Waals surface area contributed by atoms with Crippen molar-refractivity contribution >= 4 is 5.91 Å². The van der Waals surface area contributed by atoms with Gasteiger partial charge in [-0.1, -0.05) is 26.7 Å². The van der Waals surface area contributed by atoms with E-state index in [-0.39, 0.29) is 5.91 Å². The van der Waals surface area contributed by atoms with Gasteiger partial charge in [0.1, 0.15) is 5.41 Å². The van der Waals surface area contributed by atoms with Gasteiger partial charge in [0.2, 0.25) is 5.91 Å². The van der Waals surface area contributed by atoms with Crippen molar-refractivity contribution < 1.29 is 4.79 Å². The minimum Gasteiger partial charge on any atom is -0.344 e. The number of unbranched alkanes of at least 4 members (excludes halogenated alkanes) is 2. The normalized spacial score (nSPS) is 28.0. The highest BCUT2D eigenvalue weighted by Crippen LogP contribution is 2.46. The van der Waals surface area contributed by atoms with Crippen LogP contribution < -0.4 is 0 Å². The standard InChI is InChI=1S/C13H22N2O/c1-4-5-6-7-15(3)12(16)13(10-14)8-11(2)9-13/h11H,4-9H2,1-3H3. The van der Waals surface area contributed by atoms with E-state index in [0.717, 1.165) is 38.6 Å². The van der Waals surface area contributed by atoms with Gasteiger partial charge in [-0.3, -0.25) is 4.79 Å². The summed E-state index contributed by atoms with van der Waals surface area (Å²) in [6.45, 7) is 5.02. The summed E-state index contributed by atoms with van der Waals surface area (Å²) < 4.78 is 0. The number of carbonyl (C=O) groups is 1. The van der Waals surface area contributed by atoms with Crippen molar-refractivity contribution in [1.82, 2.24) is 4.90 Å². The van der Waals surface area contributed by atoms with Crippen molar-refractivity contribution in [2.75, 3.05) is 13.6 Å². The van der Waals surface area contributed by atoms with Crippen LogP contribution in [0.1, 0.15) is 46.0 Å². The van der Waals surface area contributed by atoms with Crippen LogP contribution in [0, 0.1) is 22.7 Å². The van der Waals surface area contributed by atoms with Crippen LogP contribution >= 0.6 is 0 Å². The van der Waals surface area contributed by atoms with E-state index in [4.69, 9.17) is 5.26 Å². The van der Waals surface area contributed by atoms with Crippen LogP contribution in [0.4, 0.5) is 0 Å². The van der Waals surface area contributed by atoms with E-state index in [1.54, 1.807) is 4.90 Å². The quantitative estimate of drug-likeness (QED) is 0.671. The molecular formula is C13H22N2O. The lowest BCUT2D eigenvalue weighted by atomic mass is 9.63. The second kappa shape index (κ2) is 5.34. The molecule has 0 heterocycles. The van der Waals surface area contributed by atoms with Crippen molar-refractivity contribution in [2.45, 2.75) is 46.0 Å². The first-order chi connectivity index (χ1) is 7.55. The summed E-state index contributed by atoms with van der Waals surface area (Å²) in [5.41, 5.74) is -0.694. The third-order valence-electron chi connectivity index (χ3n) is 3.46. The molecule has 0 aliphatic heterocycles. The van der Waals surface area contributed by atoms with Crippen molar-refractivity contribution in [3.63, 3.8) is 0 Å². The van der Waals surface area contributed by atoms with E-state index in [9.17, 15) is 4.79 Å². The maximum atomic E-state index is 12.1. The molecule has 0 radical (unpaired) electrons. The van der Waals surface area contributed by atoms with Gasteiger partial charge in [0.25, 0.3) is 0 Å². The Morgan fingerprint density at radius 3 is 2.56 bits per heavy atom. The summed E-state index contributed by atoms with van der Waals surface area (Å²) in [7, 11) is 1.82. The van der Waals surface area contributed by atoms with Gasteiger partial charge in [0.15, 0.2) is 0 Å². The van der Waals surface area contributed by atoms with E-state index in [2.05, 4.69) is 19.9 Å². The van der Waals surface area contributed by atoms with Gasteiger partial charge < -0.3 is 4.90 Å². The molecule has 16 heavy (non-hydrogen) atoms. The van der Waals surface area contributed by atoms with Crippen LogP contribution in [0.25, 0.3) is 0 Å². The lowest BCUT2D eigenvalue weighted by molar-refractivity contribution is -0.143. The average molecular weight is 222 g/mol. The molecule has 1 rings (SSSR count). The number of hydrogen-bond acceptors (Lipinski definition) is 2. The first kappa shape index (κ1) is 13.0. The zero-order valence-corrected chi connectivity index (χ0v) is 10.6. The summed E-state index contributed by atoms with van der Waals surface area (Å²) in [6.07, 6.45) is 4.81. The Morgan fingerprint density at radius 1 is 1.50 bits per heavy atom. The Bertz CT molecular complexity index is 287. The van der Waals surface area contributed by atoms with E-state index < -0.39 is 5.41 Å². The van der Waals surface area contributed by atoms with Gasteiger partial charge in [-0.25, -0.2) is 0 Å². The van der Waals surface area contributed by atoms with E-state index in [1.807, 2.05) is 7.05 Å². The molecule has 3 heteroatoms. The molecule has 0 saturated heterocycles. The molecule has 0 aromatic heterocycles. The van der Waals surface area contributed by atoms with Gasteiger partial charge in [0, 0.05) is 13.6 Å². The molecule has 0 bridgehead atoms. The van der Waals surface area contributed by atoms with Crippen LogP contribution in [0.2, 0.25) is 0 Å². The fraction of sp³-hybridized carbons (Fsp3) is 0.846. The number of rotatable bonds is 5. The summed E-state index contributed by atoms with van der Waals surface area (Å²) in [4.78, 5) is 13.9. The molecular weight excluding hydrogens is 200 g/mol. The molecule has 90 valence electrons. The van der Waals surface area contributed by atoms with Crippen LogP contribution in [0.5, 0.6) is 0 Å². The number of amides is 1. The van der Waals surface area contributed by atoms with E-state index in [1.165, 1.54) is 0 Å². The topological polar surface area (TPSA) is 44.1 Å². The highest BCUT2D eigenvalue weighted by molar-refractivity contribution is 5.86. The zero-order valence-electron chi connectivity index (χ0n) is 10.6. The highest BCUT2D eigenvalue weighted by atomic mass is 16.2. The summed E-state index contributed by atoms with van der Waals surface area (Å²) >= 11 is 0. The maximum Gasteiger partial charge on any atom is 0.242 e. The second-order valence-corrected chi connectivity index (χ2v) is 5.14. The lowest BCUT2D eigenvalue weighted by Crippen LogP contribution is -2.48. The summed E-state index contributed by atoms with van der Waals surface area (Å²) in [5.74, 6) is 0.553. The van der Waals surface area contributed by atoms with Gasteiger partial charge in [-0.2, -0.15) is 5.26 Å². The van der Waals surface area contributed by atoms with Crippen LogP contribution in [-0.2, 0) is 4.79 Å². The fourth-order valence-electron chi connectivity index (χ4n) is 2.51. The Hall–Kier alpha value is -1.04. The molecule has 0 N–H and O–H groups in total. The van der Waals surface area contributed by atoms with Gasteiger partial charge >= 0.3 is 0 Å². The number of hydrogen-bond donors (Lipinski definition) is 0. The van der Waals surface area contributed by atoms with Gasteiger partial charge in [-0.05, 0) is 25.2 Å². The molecule has 1 fully saturated rings. The third-order valence-corrected chi connectivity index (χ3v) is 3.46. The minimum absolute atomic E-state index is 0.0317. The molecule has 1 aliphatic rings. The molecule has 1 aliphatic carbocycles. The molecule has 3 nitrogen and oxygen atoms in total. The lowest BCUT2D eigenvalue weighted by Gasteiger charge is -2.41. The molecule has 0 unspecified atom stereocenters. The second-order valence-electron chi connectivity index (χ2n) is 5.14. The Kier molecular flexibility index (Phi) is 4.35. The smallest absolute Gasteiger partial charge is 0.242 e. The molecule has 1 saturated carbocycles. The first-order valence-corrected chi connectivity index (χ1v) is 6.22. The Labute approximate surface area is 98.4 Å². The Balaban J connectivity index is 2.47. The predicted molar refractivity (Wildman–Crippen MR) is 63.6 cm³/mol. The van der Waals surface area contributed by atoms with Crippen LogP contribution in [0.3, 0.4) is 0 Å². The van der Waals surface area contributed by atoms with Gasteiger partial charge in [-0.15, -0.1) is 0 Å². The summed E-state index contributed by atoms with van der Waals surface area (Å²) in [5, 5.41) is 9.15. The average Bonchev–Trinajstić information content (AvgIpc) is 2.23. The first-order valence-electron chi connectivity index (χ1n) is 6.22. The fourth-order valence-corrected chi connectivity index (χ4v) is 2.51. The van der Waals surface area contributed by atoms with Crippen molar-refractivity contribution in [3.05, 3.63) is 0 Å². The number of nitriles is 1. The molecule has 0 atom stereocenters. The highest BCUT2D eigenvalue weighted by Gasteiger charge is 2.49. The third kappa shape index (κ3) is 2.55. The van der Waals surface area contributed by atoms with Crippen LogP contribution in [-0.4, -0.2) is 24.4 Å². The van der Waals surface area contributed by atoms with Gasteiger partial charge in [0.05, 0.1) is 6.07 Å². The van der Waals surface area contributed by atoms with Crippen molar-refractivity contribution in [1.29, 1.82) is 5.26 Å². The molecule has 0 spiro atoms.